The van der Waals surface area contributed by atoms with E-state index in [1.807, 2.05) is 0 Å². The quantitative estimate of drug-likeness (QED) is 0.175. The molecule has 16 rings (SSSR count). The molecule has 3 heterocycles. The van der Waals surface area contributed by atoms with E-state index in [1.165, 1.54) is 95.4 Å². The topological polar surface area (TPSA) is 32.6 Å². The van der Waals surface area contributed by atoms with Crippen LogP contribution in [0.15, 0.2) is 203 Å². The van der Waals surface area contributed by atoms with Gasteiger partial charge in [-0.05, 0) is 118 Å². The van der Waals surface area contributed by atoms with Gasteiger partial charge in [0.2, 0.25) is 5.96 Å². The van der Waals surface area contributed by atoms with Gasteiger partial charge in [-0.15, -0.1) is 0 Å². The molecule has 6 aromatic rings. The number of para-hydroxylation sites is 2. The van der Waals surface area contributed by atoms with Crippen LogP contribution in [-0.2, 0) is 16.2 Å². The first-order valence-corrected chi connectivity index (χ1v) is 26.5. The number of rotatable bonds is 5. The highest BCUT2D eigenvalue weighted by molar-refractivity contribution is 6.12. The summed E-state index contributed by atoms with van der Waals surface area (Å²) in [7, 11) is 0. The van der Waals surface area contributed by atoms with Crippen molar-refractivity contribution in [2.24, 2.45) is 34.6 Å². The van der Waals surface area contributed by atoms with Crippen molar-refractivity contribution in [3.8, 4) is 28.7 Å². The number of guanidine groups is 1. The zero-order chi connectivity index (χ0) is 47.4. The summed E-state index contributed by atoms with van der Waals surface area (Å²) in [5.41, 5.74) is 17.9. The fourth-order valence-corrected chi connectivity index (χ4v) is 16.1. The molecule has 2 bridgehead atoms. The van der Waals surface area contributed by atoms with Crippen molar-refractivity contribution in [3.63, 3.8) is 0 Å². The molecule has 3 fully saturated rings. The van der Waals surface area contributed by atoms with Crippen LogP contribution in [0.2, 0.25) is 0 Å². The van der Waals surface area contributed by atoms with Crippen molar-refractivity contribution in [1.82, 2.24) is 14.8 Å². The van der Waals surface area contributed by atoms with E-state index in [2.05, 4.69) is 231 Å². The average Bonchev–Trinajstić information content (AvgIpc) is 3.97. The van der Waals surface area contributed by atoms with Gasteiger partial charge >= 0.3 is 0 Å². The number of allylic oxidation sites excluding steroid dienone is 8. The molecule has 3 saturated carbocycles. The zero-order valence-corrected chi connectivity index (χ0v) is 41.3. The molecule has 0 saturated heterocycles. The molecule has 8 aliphatic carbocycles. The Kier molecular flexibility index (Phi) is 7.69. The first-order chi connectivity index (χ1) is 34.5. The Bertz CT molecular complexity index is 3750. The molecule has 4 nitrogen and oxygen atoms in total. The first-order valence-electron chi connectivity index (χ1n) is 26.5. The summed E-state index contributed by atoms with van der Waals surface area (Å²) < 4.78 is 2.54. The van der Waals surface area contributed by atoms with Gasteiger partial charge in [0.25, 0.3) is 0 Å². The number of nitrogens with zero attached hydrogens (tertiary/aromatic N) is 3. The predicted octanol–water partition coefficient (Wildman–Crippen LogP) is 14.2. The van der Waals surface area contributed by atoms with Gasteiger partial charge in [0.15, 0.2) is 0 Å². The van der Waals surface area contributed by atoms with Crippen LogP contribution >= 0.6 is 0 Å². The summed E-state index contributed by atoms with van der Waals surface area (Å²) in [4.78, 5) is 8.40. The van der Waals surface area contributed by atoms with Gasteiger partial charge in [-0.2, -0.15) is 0 Å². The summed E-state index contributed by atoms with van der Waals surface area (Å²) in [6.45, 7) is 12.0. The van der Waals surface area contributed by atoms with Crippen molar-refractivity contribution >= 4 is 27.8 Å². The second-order valence-corrected chi connectivity index (χ2v) is 23.8. The lowest BCUT2D eigenvalue weighted by molar-refractivity contribution is 0.261. The number of aromatic nitrogens is 1. The third-order valence-corrected chi connectivity index (χ3v) is 20.0. The molecule has 1 aromatic heterocycles. The Morgan fingerprint density at radius 3 is 2.39 bits per heavy atom. The van der Waals surface area contributed by atoms with Crippen molar-refractivity contribution < 1.29 is 0 Å². The van der Waals surface area contributed by atoms with Crippen molar-refractivity contribution in [2.45, 2.75) is 93.5 Å². The Labute approximate surface area is 417 Å². The molecule has 10 atom stereocenters. The van der Waals surface area contributed by atoms with Gasteiger partial charge in [-0.3, -0.25) is 4.90 Å². The lowest BCUT2D eigenvalue weighted by Gasteiger charge is -2.44. The summed E-state index contributed by atoms with van der Waals surface area (Å²) >= 11 is 0. The molecule has 10 unspecified atom stereocenters. The molecule has 2 aliphatic heterocycles. The van der Waals surface area contributed by atoms with Crippen molar-refractivity contribution in [1.29, 1.82) is 0 Å². The molecule has 71 heavy (non-hydrogen) atoms. The molecule has 1 N–H and O–H groups in total. The van der Waals surface area contributed by atoms with Crippen LogP contribution in [0.3, 0.4) is 0 Å². The fourth-order valence-electron chi connectivity index (χ4n) is 16.1. The van der Waals surface area contributed by atoms with E-state index >= 15 is 0 Å². The number of fused-ring (bicyclic) bond motifs is 10. The zero-order valence-electron chi connectivity index (χ0n) is 41.3. The largest absolute Gasteiger partial charge is 0.325 e. The maximum absolute atomic E-state index is 5.77. The highest BCUT2D eigenvalue weighted by Crippen LogP contribution is 2.80. The Balaban J connectivity index is 0.755. The Hall–Kier alpha value is -7.09. The molecular formula is C67H58N4. The van der Waals surface area contributed by atoms with Crippen LogP contribution in [0.1, 0.15) is 88.5 Å². The smallest absolute Gasteiger partial charge is 0.205 e. The van der Waals surface area contributed by atoms with Crippen LogP contribution in [0.4, 0.5) is 0 Å². The minimum Gasteiger partial charge on any atom is -0.325 e. The molecule has 1 spiro atoms. The molecule has 4 heteroatoms. The second kappa shape index (κ2) is 13.4. The van der Waals surface area contributed by atoms with Crippen LogP contribution in [-0.4, -0.2) is 26.5 Å². The standard InChI is InChI=1S/C67H58N4/c1-40-15-13-20-50-57-37-65(45-28-24-42(25-29-45)43-27-31-58-51(35-43)49-19-14-23-54(67-38-56(67)41(67)2)61(49)70(58)46-16-7-6-8-17-46)33-34-66(57,39-65)71(60(40)50)62-68-59(53-22-11-12-32-64(53,5)69-62)44-26-30-48-47-18-9-10-21-52(47)63(3,4)55(48)36-44/h6-14,16-32,35-36,40-41,48,55-57H,15,37-39H2,1-5H3,(H,68,69). The number of aliphatic imine (C=N–C) groups is 1. The number of hydrogen-bond acceptors (Lipinski definition) is 3. The summed E-state index contributed by atoms with van der Waals surface area (Å²) in [5.74, 6) is 12.0. The fraction of sp³-hybridized carbons (Fsp3) is 0.299. The van der Waals surface area contributed by atoms with Gasteiger partial charge in [-0.25, -0.2) is 4.99 Å². The van der Waals surface area contributed by atoms with E-state index < -0.39 is 11.1 Å². The second-order valence-electron chi connectivity index (χ2n) is 23.8. The minimum atomic E-state index is -0.525. The summed E-state index contributed by atoms with van der Waals surface area (Å²) in [6, 6.07) is 43.9. The highest BCUT2D eigenvalue weighted by atomic mass is 15.4. The van der Waals surface area contributed by atoms with Gasteiger partial charge in [-0.1, -0.05) is 185 Å². The number of nitrogens with one attached hydrogen (secondary N) is 1. The van der Waals surface area contributed by atoms with Gasteiger partial charge in [0.05, 0.1) is 22.1 Å². The minimum absolute atomic E-state index is 0.0196. The normalized spacial score (nSPS) is 34.3. The van der Waals surface area contributed by atoms with Crippen LogP contribution in [0, 0.1) is 41.4 Å². The van der Waals surface area contributed by atoms with Gasteiger partial charge in [0, 0.05) is 57.3 Å². The van der Waals surface area contributed by atoms with Crippen LogP contribution in [0.25, 0.3) is 38.6 Å². The van der Waals surface area contributed by atoms with Crippen molar-refractivity contribution in [3.05, 3.63) is 220 Å². The maximum atomic E-state index is 5.77. The first kappa shape index (κ1) is 40.6. The number of hydrogen-bond donors (Lipinski definition) is 1. The monoisotopic (exact) mass is 918 g/mol. The predicted molar refractivity (Wildman–Crippen MR) is 289 cm³/mol. The summed E-state index contributed by atoms with van der Waals surface area (Å²) in [6.07, 6.45) is 25.5. The third-order valence-electron chi connectivity index (χ3n) is 20.0. The SMILES string of the molecule is CC1CC=CC2=C1N(C1=NC3(C)C=CC=CC3=C(C3=CC4C(C=C3)c3ccccc3C4(C)C)N1)C13C#CC(c4ccc(-c5ccc6c(c5)c5cccc(C78CC7C8C)c5n6-c5ccccc5)cc4)(CC21)C3. The lowest BCUT2D eigenvalue weighted by Crippen LogP contribution is -2.56. The highest BCUT2D eigenvalue weighted by Gasteiger charge is 2.77. The van der Waals surface area contributed by atoms with Gasteiger partial charge in [0.1, 0.15) is 11.1 Å². The third kappa shape index (κ3) is 5.10. The maximum Gasteiger partial charge on any atom is 0.205 e. The van der Waals surface area contributed by atoms with E-state index in [4.69, 9.17) is 4.99 Å². The molecule has 10 aliphatic rings. The summed E-state index contributed by atoms with van der Waals surface area (Å²) in [5, 5.41) is 6.80. The van der Waals surface area contributed by atoms with Crippen LogP contribution < -0.4 is 5.32 Å². The average molecular weight is 919 g/mol. The Morgan fingerprint density at radius 1 is 0.761 bits per heavy atom. The molecule has 346 valence electrons. The van der Waals surface area contributed by atoms with E-state index in [-0.39, 0.29) is 16.7 Å². The van der Waals surface area contributed by atoms with Crippen molar-refractivity contribution in [2.75, 3.05) is 0 Å². The van der Waals surface area contributed by atoms with E-state index in [0.717, 1.165) is 37.1 Å². The van der Waals surface area contributed by atoms with E-state index in [1.54, 1.807) is 0 Å². The number of benzene rings is 5. The lowest BCUT2D eigenvalue weighted by atomic mass is 9.72. The van der Waals surface area contributed by atoms with E-state index in [9.17, 15) is 0 Å². The molecular weight excluding hydrogens is 861 g/mol. The van der Waals surface area contributed by atoms with Gasteiger partial charge < -0.3 is 9.88 Å². The Morgan fingerprint density at radius 2 is 1.56 bits per heavy atom. The molecule has 0 amide bonds. The van der Waals surface area contributed by atoms with E-state index in [0.29, 0.717) is 23.2 Å². The van der Waals surface area contributed by atoms with Crippen LogP contribution in [0.5, 0.6) is 0 Å². The molecule has 0 radical (unpaired) electrons. The molecule has 5 aromatic carbocycles.